The molecule has 0 aliphatic heterocycles. The van der Waals surface area contributed by atoms with Crippen molar-refractivity contribution >= 4 is 0 Å². The maximum atomic E-state index is 4.41. The molecule has 0 unspecified atom stereocenters. The van der Waals surface area contributed by atoms with Crippen molar-refractivity contribution in [3.8, 4) is 0 Å². The molecule has 0 spiro atoms. The third kappa shape index (κ3) is 6.37. The Bertz CT molecular complexity index is 341. The summed E-state index contributed by atoms with van der Waals surface area (Å²) in [5.74, 6) is 0.928. The molecule has 0 saturated heterocycles. The van der Waals surface area contributed by atoms with E-state index in [0.29, 0.717) is 0 Å². The number of nitrogens with zero attached hydrogens (tertiary/aromatic N) is 2. The zero-order chi connectivity index (χ0) is 13.1. The monoisotopic (exact) mass is 235 g/mol. The van der Waals surface area contributed by atoms with Crippen LogP contribution in [-0.2, 0) is 13.0 Å². The number of aromatic nitrogens is 2. The van der Waals surface area contributed by atoms with E-state index in [2.05, 4.69) is 56.8 Å². The second-order valence-electron chi connectivity index (χ2n) is 6.85. The molecule has 0 aromatic carbocycles. The van der Waals surface area contributed by atoms with Crippen molar-refractivity contribution in [1.82, 2.24) is 15.3 Å². The van der Waals surface area contributed by atoms with Gasteiger partial charge in [0.25, 0.3) is 0 Å². The van der Waals surface area contributed by atoms with Gasteiger partial charge >= 0.3 is 0 Å². The second-order valence-corrected chi connectivity index (χ2v) is 6.85. The molecule has 1 aromatic heterocycles. The van der Waals surface area contributed by atoms with Gasteiger partial charge in [0.1, 0.15) is 5.82 Å². The lowest BCUT2D eigenvalue weighted by Gasteiger charge is -2.20. The Kier molecular flexibility index (Phi) is 4.26. The van der Waals surface area contributed by atoms with E-state index in [9.17, 15) is 0 Å². The van der Waals surface area contributed by atoms with Gasteiger partial charge in [-0.05, 0) is 26.2 Å². The lowest BCUT2D eigenvalue weighted by molar-refractivity contribution is 0.399. The van der Waals surface area contributed by atoms with Gasteiger partial charge in [0.15, 0.2) is 0 Å². The normalized spacial score (nSPS) is 12.8. The average molecular weight is 235 g/mol. The van der Waals surface area contributed by atoms with Crippen LogP contribution in [0.4, 0.5) is 0 Å². The molecule has 3 heteroatoms. The minimum Gasteiger partial charge on any atom is -0.308 e. The highest BCUT2D eigenvalue weighted by atomic mass is 15.0. The smallest absolute Gasteiger partial charge is 0.128 e. The summed E-state index contributed by atoms with van der Waals surface area (Å²) < 4.78 is 0. The van der Waals surface area contributed by atoms with E-state index in [1.54, 1.807) is 0 Å². The molecule has 0 fully saturated rings. The third-order valence-corrected chi connectivity index (χ3v) is 2.27. The first-order valence-electron chi connectivity index (χ1n) is 6.21. The molecule has 0 radical (unpaired) electrons. The highest BCUT2D eigenvalue weighted by Gasteiger charge is 2.13. The molecule has 0 saturated carbocycles. The van der Waals surface area contributed by atoms with E-state index >= 15 is 0 Å². The van der Waals surface area contributed by atoms with Crippen LogP contribution in [0.15, 0.2) is 12.4 Å². The first-order chi connectivity index (χ1) is 7.66. The Morgan fingerprint density at radius 2 is 1.53 bits per heavy atom. The zero-order valence-corrected chi connectivity index (χ0v) is 12.0. The first kappa shape index (κ1) is 14.1. The van der Waals surface area contributed by atoms with Crippen LogP contribution in [0.2, 0.25) is 0 Å². The van der Waals surface area contributed by atoms with Gasteiger partial charge in [-0.15, -0.1) is 0 Å². The molecule has 0 amide bonds. The predicted octanol–water partition coefficient (Wildman–Crippen LogP) is 2.95. The summed E-state index contributed by atoms with van der Waals surface area (Å²) in [5, 5.41) is 3.43. The number of nitrogens with one attached hydrogen (secondary N) is 1. The molecule has 96 valence electrons. The molecule has 1 rings (SSSR count). The Morgan fingerprint density at radius 1 is 1.00 bits per heavy atom. The van der Waals surface area contributed by atoms with Crippen LogP contribution in [0.3, 0.4) is 0 Å². The number of hydrogen-bond acceptors (Lipinski definition) is 3. The molecule has 1 N–H and O–H groups in total. The van der Waals surface area contributed by atoms with E-state index in [1.807, 2.05) is 12.4 Å². The van der Waals surface area contributed by atoms with Crippen LogP contribution >= 0.6 is 0 Å². The summed E-state index contributed by atoms with van der Waals surface area (Å²) in [5.41, 5.74) is 1.51. The minimum absolute atomic E-state index is 0.129. The van der Waals surface area contributed by atoms with Gasteiger partial charge in [0.05, 0.1) is 0 Å². The Labute approximate surface area is 105 Å². The number of rotatable bonds is 3. The molecule has 17 heavy (non-hydrogen) atoms. The van der Waals surface area contributed by atoms with E-state index in [0.717, 1.165) is 24.4 Å². The molecule has 1 aromatic rings. The van der Waals surface area contributed by atoms with Crippen LogP contribution < -0.4 is 5.32 Å². The summed E-state index contributed by atoms with van der Waals surface area (Å²) in [6, 6.07) is 0. The van der Waals surface area contributed by atoms with Crippen LogP contribution in [0, 0.1) is 5.41 Å². The largest absolute Gasteiger partial charge is 0.308 e. The van der Waals surface area contributed by atoms with Crippen molar-refractivity contribution < 1.29 is 0 Å². The fourth-order valence-corrected chi connectivity index (χ4v) is 1.41. The number of hydrogen-bond donors (Lipinski definition) is 1. The highest BCUT2D eigenvalue weighted by molar-refractivity contribution is 5.06. The molecule has 0 atom stereocenters. The first-order valence-corrected chi connectivity index (χ1v) is 6.21. The molecule has 1 heterocycles. The lowest BCUT2D eigenvalue weighted by atomic mass is 9.92. The summed E-state index contributed by atoms with van der Waals surface area (Å²) in [7, 11) is 0. The zero-order valence-electron chi connectivity index (χ0n) is 12.0. The van der Waals surface area contributed by atoms with E-state index < -0.39 is 0 Å². The van der Waals surface area contributed by atoms with Gasteiger partial charge in [-0.3, -0.25) is 0 Å². The molecular weight excluding hydrogens is 210 g/mol. The molecule has 0 bridgehead atoms. The highest BCUT2D eigenvalue weighted by Crippen LogP contribution is 2.17. The molecule has 0 aliphatic rings. The SMILES string of the molecule is CC(C)(C)Cc1ncc(CNC(C)(C)C)cn1. The summed E-state index contributed by atoms with van der Waals surface area (Å²) in [6.07, 6.45) is 4.76. The molecular formula is C14H25N3. The van der Waals surface area contributed by atoms with Crippen molar-refractivity contribution in [2.24, 2.45) is 5.41 Å². The van der Waals surface area contributed by atoms with E-state index in [4.69, 9.17) is 0 Å². The lowest BCUT2D eigenvalue weighted by Crippen LogP contribution is -2.35. The van der Waals surface area contributed by atoms with Gasteiger partial charge in [0, 0.05) is 36.5 Å². The molecule has 0 aliphatic carbocycles. The standard InChI is InChI=1S/C14H25N3/c1-13(2,3)7-12-15-8-11(9-16-12)10-17-14(4,5)6/h8-9,17H,7,10H2,1-6H3. The van der Waals surface area contributed by atoms with E-state index in [-0.39, 0.29) is 11.0 Å². The van der Waals surface area contributed by atoms with Crippen molar-refractivity contribution in [3.63, 3.8) is 0 Å². The fourth-order valence-electron chi connectivity index (χ4n) is 1.41. The quantitative estimate of drug-likeness (QED) is 0.875. The summed E-state index contributed by atoms with van der Waals surface area (Å²) in [4.78, 5) is 8.83. The van der Waals surface area contributed by atoms with E-state index in [1.165, 1.54) is 0 Å². The van der Waals surface area contributed by atoms with Crippen molar-refractivity contribution in [2.75, 3.05) is 0 Å². The molecule has 3 nitrogen and oxygen atoms in total. The van der Waals surface area contributed by atoms with Crippen LogP contribution in [0.25, 0.3) is 0 Å². The van der Waals surface area contributed by atoms with Crippen LogP contribution in [0.5, 0.6) is 0 Å². The topological polar surface area (TPSA) is 37.8 Å². The van der Waals surface area contributed by atoms with Gasteiger partial charge in [-0.2, -0.15) is 0 Å². The van der Waals surface area contributed by atoms with Gasteiger partial charge < -0.3 is 5.32 Å². The third-order valence-electron chi connectivity index (χ3n) is 2.27. The van der Waals surface area contributed by atoms with Gasteiger partial charge in [-0.25, -0.2) is 9.97 Å². The summed E-state index contributed by atoms with van der Waals surface area (Å²) in [6.45, 7) is 13.9. The predicted molar refractivity (Wildman–Crippen MR) is 71.8 cm³/mol. The Morgan fingerprint density at radius 3 is 1.94 bits per heavy atom. The Balaban J connectivity index is 2.56. The van der Waals surface area contributed by atoms with Crippen LogP contribution in [-0.4, -0.2) is 15.5 Å². The summed E-state index contributed by atoms with van der Waals surface area (Å²) >= 11 is 0. The Hall–Kier alpha value is -0.960. The average Bonchev–Trinajstić information content (AvgIpc) is 2.13. The van der Waals surface area contributed by atoms with Crippen LogP contribution in [0.1, 0.15) is 52.9 Å². The van der Waals surface area contributed by atoms with Crippen molar-refractivity contribution in [3.05, 3.63) is 23.8 Å². The second kappa shape index (κ2) is 5.13. The maximum absolute atomic E-state index is 4.41. The maximum Gasteiger partial charge on any atom is 0.128 e. The van der Waals surface area contributed by atoms with Crippen molar-refractivity contribution in [2.45, 2.75) is 60.0 Å². The van der Waals surface area contributed by atoms with Gasteiger partial charge in [-0.1, -0.05) is 20.8 Å². The van der Waals surface area contributed by atoms with Gasteiger partial charge in [0.2, 0.25) is 0 Å². The fraction of sp³-hybridized carbons (Fsp3) is 0.714. The van der Waals surface area contributed by atoms with Crippen molar-refractivity contribution in [1.29, 1.82) is 0 Å². The minimum atomic E-state index is 0.129.